The number of piperidine rings is 1. The van der Waals surface area contributed by atoms with E-state index in [2.05, 4.69) is 16.5 Å². The molecule has 1 unspecified atom stereocenters. The Kier molecular flexibility index (Phi) is 7.01. The van der Waals surface area contributed by atoms with Crippen LogP contribution in [0.15, 0.2) is 73.6 Å². The van der Waals surface area contributed by atoms with Gasteiger partial charge >= 0.3 is 12.1 Å². The van der Waals surface area contributed by atoms with Gasteiger partial charge < -0.3 is 15.0 Å². The van der Waals surface area contributed by atoms with E-state index in [1.54, 1.807) is 46.0 Å². The number of alkyl halides is 3. The molecule has 39 heavy (non-hydrogen) atoms. The fraction of sp³-hybridized carbons (Fsp3) is 0.222. The Morgan fingerprint density at radius 2 is 1.77 bits per heavy atom. The fourth-order valence-corrected chi connectivity index (χ4v) is 4.49. The summed E-state index contributed by atoms with van der Waals surface area (Å²) in [6.45, 7) is 4.42. The van der Waals surface area contributed by atoms with Crippen LogP contribution in [0.3, 0.4) is 0 Å². The molecule has 4 aromatic rings. The van der Waals surface area contributed by atoms with Crippen molar-refractivity contribution in [2.45, 2.75) is 25.1 Å². The summed E-state index contributed by atoms with van der Waals surface area (Å²) in [5, 5.41) is 6.74. The van der Waals surface area contributed by atoms with E-state index in [1.807, 2.05) is 23.5 Å². The van der Waals surface area contributed by atoms with Gasteiger partial charge in [0.1, 0.15) is 29.3 Å². The largest absolute Gasteiger partial charge is 0.471 e. The van der Waals surface area contributed by atoms with Gasteiger partial charge in [-0.1, -0.05) is 24.8 Å². The number of halogens is 3. The van der Waals surface area contributed by atoms with Crippen LogP contribution >= 0.6 is 0 Å². The highest BCUT2D eigenvalue weighted by Crippen LogP contribution is 2.36. The van der Waals surface area contributed by atoms with Crippen LogP contribution in [0.25, 0.3) is 22.3 Å². The zero-order valence-electron chi connectivity index (χ0n) is 20.6. The van der Waals surface area contributed by atoms with E-state index in [0.717, 1.165) is 6.33 Å². The number of hydrogen-bond donors (Lipinski definition) is 1. The molecular formula is C27H23F3N6O3. The number of nitrogens with one attached hydrogen (secondary N) is 1. The Morgan fingerprint density at radius 3 is 2.46 bits per heavy atom. The molecule has 0 spiro atoms. The Morgan fingerprint density at radius 1 is 1.05 bits per heavy atom. The number of amides is 2. The zero-order chi connectivity index (χ0) is 27.6. The van der Waals surface area contributed by atoms with Crippen molar-refractivity contribution >= 4 is 28.7 Å². The van der Waals surface area contributed by atoms with Gasteiger partial charge in [0, 0.05) is 18.7 Å². The summed E-state index contributed by atoms with van der Waals surface area (Å²) < 4.78 is 46.7. The first-order valence-electron chi connectivity index (χ1n) is 12.1. The Bertz CT molecular complexity index is 1520. The van der Waals surface area contributed by atoms with Crippen LogP contribution in [0, 0.1) is 0 Å². The molecule has 2 amide bonds. The van der Waals surface area contributed by atoms with E-state index in [4.69, 9.17) is 9.84 Å². The number of benzene rings is 2. The molecule has 0 radical (unpaired) electrons. The van der Waals surface area contributed by atoms with Gasteiger partial charge in [-0.25, -0.2) is 14.6 Å². The lowest BCUT2D eigenvalue weighted by molar-refractivity contribution is -0.167. The van der Waals surface area contributed by atoms with Crippen molar-refractivity contribution in [2.24, 2.45) is 0 Å². The van der Waals surface area contributed by atoms with Crippen molar-refractivity contribution in [1.82, 2.24) is 24.6 Å². The standard InChI is InChI=1S/C27H23F3N6O3/c1-2-21(37)35-14-6-7-18(15-35)36-25-22(24(31-16-32-25)33-26(38)27(28,29)30)23(34-36)17-10-12-20(13-11-17)39-19-8-4-3-5-9-19/h2-5,8-13,16,18H,1,6-7,14-15H2,(H,31,32,33,38). The van der Waals surface area contributed by atoms with Gasteiger partial charge in [-0.2, -0.15) is 18.3 Å². The highest BCUT2D eigenvalue weighted by Gasteiger charge is 2.39. The van der Waals surface area contributed by atoms with Gasteiger partial charge in [0.2, 0.25) is 5.91 Å². The average molecular weight is 537 g/mol. The molecule has 200 valence electrons. The summed E-state index contributed by atoms with van der Waals surface area (Å²) in [4.78, 5) is 33.9. The van der Waals surface area contributed by atoms with Gasteiger partial charge in [-0.05, 0) is 55.3 Å². The van der Waals surface area contributed by atoms with E-state index in [-0.39, 0.29) is 34.5 Å². The topological polar surface area (TPSA) is 102 Å². The fourth-order valence-electron chi connectivity index (χ4n) is 4.49. The molecule has 1 aliphatic rings. The molecule has 1 fully saturated rings. The molecule has 12 heteroatoms. The normalized spacial score (nSPS) is 15.7. The van der Waals surface area contributed by atoms with E-state index < -0.39 is 12.1 Å². The number of para-hydroxylation sites is 1. The Balaban J connectivity index is 1.57. The second-order valence-corrected chi connectivity index (χ2v) is 8.89. The third kappa shape index (κ3) is 5.44. The summed E-state index contributed by atoms with van der Waals surface area (Å²) in [5.41, 5.74) is 1.06. The number of likely N-dealkylation sites (tertiary alicyclic amines) is 1. The summed E-state index contributed by atoms with van der Waals surface area (Å²) in [6.07, 6.45) is -1.45. The van der Waals surface area contributed by atoms with E-state index in [1.165, 1.54) is 6.08 Å². The molecule has 0 bridgehead atoms. The Labute approximate surface area is 220 Å². The number of ether oxygens (including phenoxy) is 1. The minimum absolute atomic E-state index is 0.152. The maximum Gasteiger partial charge on any atom is 0.471 e. The first-order chi connectivity index (χ1) is 18.7. The highest BCUT2D eigenvalue weighted by molar-refractivity contribution is 6.05. The quantitative estimate of drug-likeness (QED) is 0.343. The summed E-state index contributed by atoms with van der Waals surface area (Å²) >= 11 is 0. The molecule has 2 aromatic heterocycles. The van der Waals surface area contributed by atoms with Gasteiger partial charge in [0.15, 0.2) is 5.65 Å². The summed E-state index contributed by atoms with van der Waals surface area (Å²) in [6, 6.07) is 15.7. The molecule has 5 rings (SSSR count). The van der Waals surface area contributed by atoms with Crippen molar-refractivity contribution < 1.29 is 27.5 Å². The lowest BCUT2D eigenvalue weighted by Gasteiger charge is -2.32. The van der Waals surface area contributed by atoms with Crippen LogP contribution in [0.1, 0.15) is 18.9 Å². The van der Waals surface area contributed by atoms with E-state index in [0.29, 0.717) is 43.0 Å². The molecule has 2 aromatic carbocycles. The second-order valence-electron chi connectivity index (χ2n) is 8.89. The zero-order valence-corrected chi connectivity index (χ0v) is 20.6. The van der Waals surface area contributed by atoms with Crippen LogP contribution in [-0.2, 0) is 9.59 Å². The van der Waals surface area contributed by atoms with Crippen molar-refractivity contribution in [3.8, 4) is 22.8 Å². The van der Waals surface area contributed by atoms with Crippen LogP contribution in [0.5, 0.6) is 11.5 Å². The molecule has 0 aliphatic carbocycles. The summed E-state index contributed by atoms with van der Waals surface area (Å²) in [5.74, 6) is -1.52. The Hall–Kier alpha value is -4.74. The van der Waals surface area contributed by atoms with Crippen LogP contribution in [0.2, 0.25) is 0 Å². The number of fused-ring (bicyclic) bond motifs is 1. The SMILES string of the molecule is C=CC(=O)N1CCCC(n2nc(-c3ccc(Oc4ccccc4)cc3)c3c(NC(=O)C(F)(F)F)ncnc32)C1. The lowest BCUT2D eigenvalue weighted by atomic mass is 10.1. The van der Waals surface area contributed by atoms with Gasteiger partial charge in [-0.15, -0.1) is 0 Å². The molecular weight excluding hydrogens is 513 g/mol. The minimum Gasteiger partial charge on any atom is -0.457 e. The van der Waals surface area contributed by atoms with Crippen molar-refractivity contribution in [1.29, 1.82) is 0 Å². The molecule has 1 N–H and O–H groups in total. The smallest absolute Gasteiger partial charge is 0.457 e. The van der Waals surface area contributed by atoms with Gasteiger partial charge in [-0.3, -0.25) is 9.59 Å². The maximum atomic E-state index is 13.1. The number of hydrogen-bond acceptors (Lipinski definition) is 6. The predicted molar refractivity (Wildman–Crippen MR) is 137 cm³/mol. The van der Waals surface area contributed by atoms with Crippen molar-refractivity contribution in [2.75, 3.05) is 18.4 Å². The monoisotopic (exact) mass is 536 g/mol. The van der Waals surface area contributed by atoms with Crippen LogP contribution in [0.4, 0.5) is 19.0 Å². The number of aromatic nitrogens is 4. The summed E-state index contributed by atoms with van der Waals surface area (Å²) in [7, 11) is 0. The highest BCUT2D eigenvalue weighted by atomic mass is 19.4. The first kappa shape index (κ1) is 25.9. The number of anilines is 1. The average Bonchev–Trinajstić information content (AvgIpc) is 3.34. The van der Waals surface area contributed by atoms with E-state index >= 15 is 0 Å². The van der Waals surface area contributed by atoms with Crippen molar-refractivity contribution in [3.05, 3.63) is 73.6 Å². The molecule has 1 aliphatic heterocycles. The maximum absolute atomic E-state index is 13.1. The minimum atomic E-state index is -5.11. The molecule has 1 atom stereocenters. The van der Waals surface area contributed by atoms with Crippen molar-refractivity contribution in [3.63, 3.8) is 0 Å². The predicted octanol–water partition coefficient (Wildman–Crippen LogP) is 5.14. The molecule has 3 heterocycles. The number of rotatable bonds is 6. The molecule has 0 saturated carbocycles. The number of nitrogens with zero attached hydrogens (tertiary/aromatic N) is 5. The first-order valence-corrected chi connectivity index (χ1v) is 12.1. The van der Waals surface area contributed by atoms with Crippen LogP contribution in [-0.4, -0.2) is 55.7 Å². The number of carbonyl (C=O) groups is 2. The molecule has 9 nitrogen and oxygen atoms in total. The second kappa shape index (κ2) is 10.6. The third-order valence-electron chi connectivity index (χ3n) is 6.31. The third-order valence-corrected chi connectivity index (χ3v) is 6.31. The lowest BCUT2D eigenvalue weighted by Crippen LogP contribution is -2.40. The van der Waals surface area contributed by atoms with E-state index in [9.17, 15) is 22.8 Å². The van der Waals surface area contributed by atoms with Gasteiger partial charge in [0.25, 0.3) is 0 Å². The van der Waals surface area contributed by atoms with Gasteiger partial charge in [0.05, 0.1) is 11.4 Å². The van der Waals surface area contributed by atoms with Crippen LogP contribution < -0.4 is 10.1 Å². The number of carbonyl (C=O) groups excluding carboxylic acids is 2. The molecule has 1 saturated heterocycles.